The lowest BCUT2D eigenvalue weighted by molar-refractivity contribution is -0.150. The first-order chi connectivity index (χ1) is 29.0. The molecule has 3 N–H and O–H groups in total. The normalized spacial score (nSPS) is 21.5. The molecular weight excluding hydrogens is 803 g/mol. The van der Waals surface area contributed by atoms with E-state index in [1.165, 1.54) is 18.1 Å². The standard InChI is InChI=1S/C45H51N5O10S/c1-8-28-24-45(28,42(53)49-61(55,56)32-16-17-32)48-40(51)37-22-31(59-38-23-35(27-12-10-9-11-13-27)46-36-21-30(58-7)14-18-33(36)38)25-50(37)41(52)39(44(3,4)5)60-43(54)47-34-19-15-29(57-6)20-26(34)2/h8-15,18-21,23,28,31-32,37,39H,1,16-17,22,24-25H2,2-7H3,(H,47,54)(H,48,51)(H,49,53)/t28-,31?,37-,39+,45+/m0/s1. The Balaban J connectivity index is 1.21. The molecule has 0 bridgehead atoms. The van der Waals surface area contributed by atoms with E-state index in [2.05, 4.69) is 21.9 Å². The summed E-state index contributed by atoms with van der Waals surface area (Å²) in [4.78, 5) is 62.7. The molecule has 61 heavy (non-hydrogen) atoms. The maximum absolute atomic E-state index is 14.8. The van der Waals surface area contributed by atoms with E-state index in [0.29, 0.717) is 57.9 Å². The van der Waals surface area contributed by atoms with Gasteiger partial charge in [-0.1, -0.05) is 57.2 Å². The predicted octanol–water partition coefficient (Wildman–Crippen LogP) is 5.91. The molecule has 0 spiro atoms. The van der Waals surface area contributed by atoms with Crippen molar-refractivity contribution in [3.8, 4) is 28.5 Å². The van der Waals surface area contributed by atoms with Crippen LogP contribution in [0.5, 0.6) is 17.2 Å². The molecular formula is C45H51N5O10S. The number of fused-ring (bicyclic) bond motifs is 1. The number of rotatable bonds is 14. The second kappa shape index (κ2) is 16.7. The zero-order valence-electron chi connectivity index (χ0n) is 35.0. The van der Waals surface area contributed by atoms with Gasteiger partial charge >= 0.3 is 6.09 Å². The van der Waals surface area contributed by atoms with E-state index < -0.39 is 74.2 Å². The first-order valence-corrected chi connectivity index (χ1v) is 21.6. The summed E-state index contributed by atoms with van der Waals surface area (Å²) in [5.74, 6) is -1.17. The van der Waals surface area contributed by atoms with Crippen molar-refractivity contribution in [3.63, 3.8) is 0 Å². The van der Waals surface area contributed by atoms with E-state index in [1.54, 1.807) is 71.2 Å². The molecule has 3 aliphatic rings. The molecule has 1 aliphatic heterocycles. The quantitative estimate of drug-likeness (QED) is 0.128. The van der Waals surface area contributed by atoms with Gasteiger partial charge in [0.15, 0.2) is 6.10 Å². The number of aryl methyl sites for hydroxylation is 1. The smallest absolute Gasteiger partial charge is 0.412 e. The van der Waals surface area contributed by atoms with Crippen molar-refractivity contribution in [3.05, 3.63) is 91.0 Å². The molecule has 15 nitrogen and oxygen atoms in total. The third-order valence-electron chi connectivity index (χ3n) is 11.3. The summed E-state index contributed by atoms with van der Waals surface area (Å²) in [7, 11) is -0.846. The molecule has 4 amide bonds. The summed E-state index contributed by atoms with van der Waals surface area (Å²) in [5.41, 5.74) is 0.627. The van der Waals surface area contributed by atoms with Crippen LogP contribution in [-0.2, 0) is 29.1 Å². The zero-order valence-corrected chi connectivity index (χ0v) is 35.8. The monoisotopic (exact) mass is 853 g/mol. The summed E-state index contributed by atoms with van der Waals surface area (Å²) in [5, 5.41) is 5.52. The van der Waals surface area contributed by atoms with Gasteiger partial charge in [-0.15, -0.1) is 6.58 Å². The number of methoxy groups -OCH3 is 2. The molecule has 322 valence electrons. The fourth-order valence-electron chi connectivity index (χ4n) is 7.63. The Hall–Kier alpha value is -6.16. The predicted molar refractivity (Wildman–Crippen MR) is 229 cm³/mol. The van der Waals surface area contributed by atoms with Crippen LogP contribution in [0.4, 0.5) is 10.5 Å². The van der Waals surface area contributed by atoms with E-state index in [-0.39, 0.29) is 19.4 Å². The fraction of sp³-hybridized carbons (Fsp3) is 0.400. The van der Waals surface area contributed by atoms with Crippen molar-refractivity contribution in [1.82, 2.24) is 19.9 Å². The van der Waals surface area contributed by atoms with E-state index in [0.717, 1.165) is 5.56 Å². The molecule has 1 unspecified atom stereocenters. The van der Waals surface area contributed by atoms with E-state index >= 15 is 0 Å². The number of hydrogen-bond acceptors (Lipinski definition) is 11. The number of carbonyl (C=O) groups excluding carboxylic acids is 4. The molecule has 7 rings (SSSR count). The minimum absolute atomic E-state index is 0.0247. The Labute approximate surface area is 355 Å². The number of nitrogens with zero attached hydrogens (tertiary/aromatic N) is 2. The van der Waals surface area contributed by atoms with E-state index in [1.807, 2.05) is 36.4 Å². The van der Waals surface area contributed by atoms with Gasteiger partial charge in [0.25, 0.3) is 11.8 Å². The van der Waals surface area contributed by atoms with Crippen LogP contribution in [-0.4, -0.2) is 91.9 Å². The summed E-state index contributed by atoms with van der Waals surface area (Å²) < 4.78 is 51.2. The third kappa shape index (κ3) is 9.14. The second-order valence-corrected chi connectivity index (χ2v) is 18.8. The molecule has 2 aliphatic carbocycles. The molecule has 1 aromatic heterocycles. The van der Waals surface area contributed by atoms with Crippen LogP contribution < -0.4 is 29.6 Å². The van der Waals surface area contributed by atoms with Crippen LogP contribution in [0.2, 0.25) is 0 Å². The first-order valence-electron chi connectivity index (χ1n) is 20.1. The van der Waals surface area contributed by atoms with Crippen molar-refractivity contribution in [2.45, 2.75) is 82.4 Å². The molecule has 3 aromatic carbocycles. The van der Waals surface area contributed by atoms with Crippen LogP contribution in [0.25, 0.3) is 22.2 Å². The van der Waals surface area contributed by atoms with Gasteiger partial charge in [0, 0.05) is 46.5 Å². The summed E-state index contributed by atoms with van der Waals surface area (Å²) in [6.45, 7) is 10.7. The lowest BCUT2D eigenvalue weighted by atomic mass is 9.88. The van der Waals surface area contributed by atoms with Gasteiger partial charge in [0.2, 0.25) is 15.9 Å². The number of likely N-dealkylation sites (tertiary alicyclic amines) is 1. The van der Waals surface area contributed by atoms with Gasteiger partial charge in [-0.3, -0.25) is 24.4 Å². The van der Waals surface area contributed by atoms with Crippen molar-refractivity contribution in [2.75, 3.05) is 26.1 Å². The van der Waals surface area contributed by atoms with Crippen molar-refractivity contribution >= 4 is 50.4 Å². The lowest BCUT2D eigenvalue weighted by Gasteiger charge is -2.34. The molecule has 0 radical (unpaired) electrons. The molecule has 4 aromatic rings. The summed E-state index contributed by atoms with van der Waals surface area (Å²) in [6.07, 6.45) is -0.589. The van der Waals surface area contributed by atoms with Gasteiger partial charge < -0.3 is 29.2 Å². The Morgan fingerprint density at radius 2 is 1.66 bits per heavy atom. The maximum atomic E-state index is 14.8. The van der Waals surface area contributed by atoms with Crippen LogP contribution in [0.3, 0.4) is 0 Å². The third-order valence-corrected chi connectivity index (χ3v) is 13.2. The Bertz CT molecular complexity index is 2490. The fourth-order valence-corrected chi connectivity index (χ4v) is 8.99. The van der Waals surface area contributed by atoms with E-state index in [4.69, 9.17) is 23.9 Å². The lowest BCUT2D eigenvalue weighted by Crippen LogP contribution is -2.58. The number of nitrogens with one attached hydrogen (secondary N) is 3. The number of hydrogen-bond donors (Lipinski definition) is 3. The largest absolute Gasteiger partial charge is 0.497 e. The summed E-state index contributed by atoms with van der Waals surface area (Å²) in [6, 6.07) is 20.6. The molecule has 1 saturated heterocycles. The average molecular weight is 854 g/mol. The number of ether oxygens (including phenoxy) is 4. The molecule has 2 heterocycles. The van der Waals surface area contributed by atoms with Gasteiger partial charge in [-0.05, 0) is 62.1 Å². The highest BCUT2D eigenvalue weighted by Crippen LogP contribution is 2.46. The zero-order chi connectivity index (χ0) is 43.9. The summed E-state index contributed by atoms with van der Waals surface area (Å²) >= 11 is 0. The van der Waals surface area contributed by atoms with Crippen molar-refractivity contribution in [2.24, 2.45) is 11.3 Å². The van der Waals surface area contributed by atoms with Crippen LogP contribution >= 0.6 is 0 Å². The molecule has 2 saturated carbocycles. The van der Waals surface area contributed by atoms with Gasteiger partial charge in [-0.25, -0.2) is 18.2 Å². The minimum Gasteiger partial charge on any atom is -0.497 e. The van der Waals surface area contributed by atoms with Gasteiger partial charge in [0.1, 0.15) is 34.9 Å². The number of anilines is 1. The number of aromatic nitrogens is 1. The molecule has 5 atom stereocenters. The highest BCUT2D eigenvalue weighted by atomic mass is 32.2. The minimum atomic E-state index is -3.94. The molecule has 16 heteroatoms. The van der Waals surface area contributed by atoms with Crippen molar-refractivity contribution in [1.29, 1.82) is 0 Å². The topological polar surface area (TPSA) is 192 Å². The number of benzene rings is 3. The van der Waals surface area contributed by atoms with Crippen molar-refractivity contribution < 1.29 is 46.5 Å². The Morgan fingerprint density at radius 1 is 0.967 bits per heavy atom. The number of sulfonamides is 1. The maximum Gasteiger partial charge on any atom is 0.412 e. The number of amides is 4. The second-order valence-electron chi connectivity index (χ2n) is 16.9. The van der Waals surface area contributed by atoms with Crippen LogP contribution in [0.15, 0.2) is 85.5 Å². The van der Waals surface area contributed by atoms with Gasteiger partial charge in [0.05, 0.1) is 37.2 Å². The number of pyridine rings is 1. The Morgan fingerprint density at radius 3 is 2.28 bits per heavy atom. The molecule has 3 fully saturated rings. The first kappa shape index (κ1) is 42.9. The van der Waals surface area contributed by atoms with Crippen LogP contribution in [0, 0.1) is 18.3 Å². The number of carbonyl (C=O) groups is 4. The SMILES string of the molecule is C=C[C@H]1C[C@]1(NC(=O)[C@@H]1CC(Oc2cc(-c3ccccc3)nc3cc(OC)ccc23)CN1C(=O)[C@@H](OC(=O)Nc1ccc(OC)cc1C)C(C)(C)C)C(=O)NS(=O)(=O)C1CC1. The highest BCUT2D eigenvalue weighted by Gasteiger charge is 2.62. The highest BCUT2D eigenvalue weighted by molar-refractivity contribution is 7.91. The van der Waals surface area contributed by atoms with Crippen LogP contribution in [0.1, 0.15) is 52.0 Å². The van der Waals surface area contributed by atoms with E-state index in [9.17, 15) is 27.6 Å². The average Bonchev–Trinajstić information content (AvgIpc) is 4.16. The van der Waals surface area contributed by atoms with Gasteiger partial charge in [-0.2, -0.15) is 0 Å². The Kier molecular flexibility index (Phi) is 11.8.